The third kappa shape index (κ3) is 17.8. The lowest BCUT2D eigenvalue weighted by molar-refractivity contribution is -0.862. The highest BCUT2D eigenvalue weighted by Gasteiger charge is 2.07. The van der Waals surface area contributed by atoms with E-state index in [2.05, 4.69) is 57.3 Å². The average Bonchev–Trinajstić information content (AvgIpc) is 2.68. The van der Waals surface area contributed by atoms with Gasteiger partial charge in [0.1, 0.15) is 6.54 Å². The van der Waals surface area contributed by atoms with E-state index in [0.29, 0.717) is 0 Å². The third-order valence-corrected chi connectivity index (χ3v) is 5.62. The van der Waals surface area contributed by atoms with Gasteiger partial charge in [-0.1, -0.05) is 114 Å². The molecule has 1 N–H and O–H groups in total. The number of allylic oxidation sites excluding steroid dienone is 1. The summed E-state index contributed by atoms with van der Waals surface area (Å²) in [6.07, 6.45) is 22.5. The lowest BCUT2D eigenvalue weighted by Crippen LogP contribution is -3.06. The van der Waals surface area contributed by atoms with Gasteiger partial charge in [0.15, 0.2) is 0 Å². The summed E-state index contributed by atoms with van der Waals surface area (Å²) in [5, 5.41) is 0. The first-order chi connectivity index (χ1) is 13.7. The Morgan fingerprint density at radius 3 is 1.59 bits per heavy atom. The predicted octanol–water partition coefficient (Wildman–Crippen LogP) is 4.48. The Labute approximate surface area is 188 Å². The molecule has 0 radical (unpaired) electrons. The van der Waals surface area contributed by atoms with Crippen LogP contribution >= 0.6 is 0 Å². The molecule has 1 aromatic rings. The zero-order chi connectivity index (χ0) is 20.3. The van der Waals surface area contributed by atoms with Crippen molar-refractivity contribution in [3.05, 3.63) is 47.7 Å². The standard InChI is InChI=1S/C27H47N.ClH/c1-4-5-6-7-8-9-10-11-12-13-14-15-16-20-23-28(24-26(2)3)25-27-21-18-17-19-22-27;/h17-19,21-22,24H,4-16,20,23,25H2,1-3H3;1H. The molecule has 168 valence electrons. The summed E-state index contributed by atoms with van der Waals surface area (Å²) in [7, 11) is 0. The van der Waals surface area contributed by atoms with Gasteiger partial charge in [-0.3, -0.25) is 0 Å². The third-order valence-electron chi connectivity index (χ3n) is 5.62. The van der Waals surface area contributed by atoms with Gasteiger partial charge in [-0.25, -0.2) is 0 Å². The summed E-state index contributed by atoms with van der Waals surface area (Å²) in [6, 6.07) is 10.9. The summed E-state index contributed by atoms with van der Waals surface area (Å²) in [6.45, 7) is 9.11. The van der Waals surface area contributed by atoms with Crippen molar-refractivity contribution in [2.75, 3.05) is 6.54 Å². The van der Waals surface area contributed by atoms with E-state index in [1.165, 1.54) is 108 Å². The van der Waals surface area contributed by atoms with E-state index in [9.17, 15) is 0 Å². The van der Waals surface area contributed by atoms with Crippen LogP contribution in [0.1, 0.15) is 116 Å². The number of rotatable bonds is 18. The van der Waals surface area contributed by atoms with Gasteiger partial charge in [0, 0.05) is 5.56 Å². The highest BCUT2D eigenvalue weighted by molar-refractivity contribution is 5.13. The zero-order valence-electron chi connectivity index (χ0n) is 19.7. The molecule has 29 heavy (non-hydrogen) atoms. The number of unbranched alkanes of at least 4 members (excludes halogenated alkanes) is 13. The minimum absolute atomic E-state index is 0. The molecular formula is C27H48ClN. The topological polar surface area (TPSA) is 4.44 Å². The number of hydrogen-bond donors (Lipinski definition) is 1. The molecule has 0 saturated carbocycles. The molecule has 0 amide bonds. The minimum Gasteiger partial charge on any atom is -1.00 e. The molecule has 0 aromatic heterocycles. The highest BCUT2D eigenvalue weighted by atomic mass is 35.5. The van der Waals surface area contributed by atoms with Crippen LogP contribution in [0.25, 0.3) is 0 Å². The van der Waals surface area contributed by atoms with Crippen LogP contribution in [-0.2, 0) is 6.54 Å². The molecule has 1 aromatic carbocycles. The monoisotopic (exact) mass is 421 g/mol. The van der Waals surface area contributed by atoms with Crippen molar-refractivity contribution >= 4 is 0 Å². The van der Waals surface area contributed by atoms with Crippen LogP contribution in [0.4, 0.5) is 0 Å². The smallest absolute Gasteiger partial charge is 0.107 e. The second-order valence-electron chi connectivity index (χ2n) is 8.89. The number of halogens is 1. The molecular weight excluding hydrogens is 374 g/mol. The van der Waals surface area contributed by atoms with Crippen LogP contribution in [0, 0.1) is 0 Å². The second kappa shape index (κ2) is 20.5. The van der Waals surface area contributed by atoms with Crippen molar-refractivity contribution in [1.29, 1.82) is 0 Å². The van der Waals surface area contributed by atoms with E-state index in [1.54, 1.807) is 4.90 Å². The lowest BCUT2D eigenvalue weighted by Gasteiger charge is -2.16. The van der Waals surface area contributed by atoms with Crippen LogP contribution in [-0.4, -0.2) is 6.54 Å². The van der Waals surface area contributed by atoms with Crippen molar-refractivity contribution in [1.82, 2.24) is 0 Å². The SMILES string of the molecule is CCCCCCCCCCCCCCCC[NH+](C=C(C)C)Cc1ccccc1.[Cl-]. The summed E-state index contributed by atoms with van der Waals surface area (Å²) in [5.74, 6) is 0. The van der Waals surface area contributed by atoms with Crippen molar-refractivity contribution < 1.29 is 17.3 Å². The molecule has 0 aliphatic rings. The van der Waals surface area contributed by atoms with Gasteiger partial charge in [-0.15, -0.1) is 0 Å². The molecule has 1 atom stereocenters. The largest absolute Gasteiger partial charge is 1.00 e. The number of quaternary nitrogens is 1. The Bertz CT molecular complexity index is 479. The first-order valence-electron chi connectivity index (χ1n) is 12.3. The maximum atomic E-state index is 2.41. The minimum atomic E-state index is 0. The molecule has 2 heteroatoms. The van der Waals surface area contributed by atoms with Gasteiger partial charge < -0.3 is 17.3 Å². The van der Waals surface area contributed by atoms with Crippen molar-refractivity contribution in [3.8, 4) is 0 Å². The summed E-state index contributed by atoms with van der Waals surface area (Å²) < 4.78 is 0. The summed E-state index contributed by atoms with van der Waals surface area (Å²) in [5.41, 5.74) is 2.87. The van der Waals surface area contributed by atoms with Gasteiger partial charge in [-0.05, 0) is 32.3 Å². The maximum absolute atomic E-state index is 2.41. The Hall–Kier alpha value is -0.790. The first-order valence-corrected chi connectivity index (χ1v) is 12.3. The molecule has 0 fully saturated rings. The Balaban J connectivity index is 0.00000784. The highest BCUT2D eigenvalue weighted by Crippen LogP contribution is 2.12. The molecule has 0 saturated heterocycles. The number of benzene rings is 1. The Kier molecular flexibility index (Phi) is 19.9. The second-order valence-corrected chi connectivity index (χ2v) is 8.89. The van der Waals surface area contributed by atoms with Crippen LogP contribution < -0.4 is 17.3 Å². The molecule has 0 spiro atoms. The quantitative estimate of drug-likeness (QED) is 0.333. The number of nitrogens with one attached hydrogen (secondary N) is 1. The van der Waals surface area contributed by atoms with Crippen LogP contribution in [0.2, 0.25) is 0 Å². The fourth-order valence-corrected chi connectivity index (χ4v) is 4.02. The van der Waals surface area contributed by atoms with Crippen LogP contribution in [0.3, 0.4) is 0 Å². The Morgan fingerprint density at radius 2 is 1.14 bits per heavy atom. The van der Waals surface area contributed by atoms with Gasteiger partial charge in [0.25, 0.3) is 0 Å². The van der Waals surface area contributed by atoms with Crippen LogP contribution in [0.5, 0.6) is 0 Å². The van der Waals surface area contributed by atoms with Crippen LogP contribution in [0.15, 0.2) is 42.1 Å². The summed E-state index contributed by atoms with van der Waals surface area (Å²) in [4.78, 5) is 1.60. The van der Waals surface area contributed by atoms with Crippen molar-refractivity contribution in [3.63, 3.8) is 0 Å². The molecule has 0 aliphatic carbocycles. The fraction of sp³-hybridized carbons (Fsp3) is 0.704. The van der Waals surface area contributed by atoms with Gasteiger partial charge in [0.2, 0.25) is 0 Å². The van der Waals surface area contributed by atoms with Crippen molar-refractivity contribution in [2.24, 2.45) is 0 Å². The molecule has 0 bridgehead atoms. The lowest BCUT2D eigenvalue weighted by atomic mass is 10.0. The number of hydrogen-bond acceptors (Lipinski definition) is 0. The summed E-state index contributed by atoms with van der Waals surface area (Å²) >= 11 is 0. The van der Waals surface area contributed by atoms with E-state index in [-0.39, 0.29) is 12.4 Å². The van der Waals surface area contributed by atoms with Gasteiger partial charge >= 0.3 is 0 Å². The Morgan fingerprint density at radius 1 is 0.690 bits per heavy atom. The molecule has 1 nitrogen and oxygen atoms in total. The molecule has 1 unspecified atom stereocenters. The van der Waals surface area contributed by atoms with E-state index in [4.69, 9.17) is 0 Å². The molecule has 0 aliphatic heterocycles. The van der Waals surface area contributed by atoms with E-state index in [1.807, 2.05) is 0 Å². The van der Waals surface area contributed by atoms with Gasteiger partial charge in [0.05, 0.1) is 12.7 Å². The zero-order valence-corrected chi connectivity index (χ0v) is 20.4. The van der Waals surface area contributed by atoms with Gasteiger partial charge in [-0.2, -0.15) is 0 Å². The average molecular weight is 422 g/mol. The normalized spacial score (nSPS) is 11.7. The van der Waals surface area contributed by atoms with E-state index in [0.717, 1.165) is 6.54 Å². The van der Waals surface area contributed by atoms with E-state index >= 15 is 0 Å². The fourth-order valence-electron chi connectivity index (χ4n) is 4.02. The van der Waals surface area contributed by atoms with Crippen molar-refractivity contribution in [2.45, 2.75) is 117 Å². The first kappa shape index (κ1) is 28.2. The predicted molar refractivity (Wildman–Crippen MR) is 126 cm³/mol. The van der Waals surface area contributed by atoms with E-state index < -0.39 is 0 Å². The maximum Gasteiger partial charge on any atom is 0.107 e. The molecule has 1 rings (SSSR count). The molecule has 0 heterocycles.